The summed E-state index contributed by atoms with van der Waals surface area (Å²) in [4.78, 5) is 0. The predicted octanol–water partition coefficient (Wildman–Crippen LogP) is 11.5. The molecule has 4 aromatic rings. The summed E-state index contributed by atoms with van der Waals surface area (Å²) in [6.45, 7) is 25.9. The highest BCUT2D eigenvalue weighted by atomic mass is 31.1. The van der Waals surface area contributed by atoms with Crippen LogP contribution in [-0.2, 0) is 16.2 Å². The van der Waals surface area contributed by atoms with Crippen LogP contribution < -0.4 is 15.9 Å². The highest BCUT2D eigenvalue weighted by Crippen LogP contribution is 2.62. The van der Waals surface area contributed by atoms with Crippen LogP contribution in [0.25, 0.3) is 5.31 Å². The van der Waals surface area contributed by atoms with Crippen molar-refractivity contribution in [2.75, 3.05) is 6.16 Å². The average molecular weight is 682 g/mol. The van der Waals surface area contributed by atoms with Crippen molar-refractivity contribution in [3.05, 3.63) is 159 Å². The maximum atomic E-state index is 4.08. The number of rotatable bonds is 5. The van der Waals surface area contributed by atoms with Crippen LogP contribution in [0, 0.1) is 20.8 Å². The molecular weight excluding hydrogens is 628 g/mol. The van der Waals surface area contributed by atoms with Crippen molar-refractivity contribution in [2.45, 2.75) is 92.4 Å². The molecule has 49 heavy (non-hydrogen) atoms. The van der Waals surface area contributed by atoms with E-state index in [-0.39, 0.29) is 16.2 Å². The van der Waals surface area contributed by atoms with E-state index in [1.165, 1.54) is 74.5 Å². The molecule has 0 radical (unpaired) electrons. The van der Waals surface area contributed by atoms with Crippen LogP contribution in [0.4, 0.5) is 0 Å². The first-order valence-corrected chi connectivity index (χ1v) is 20.1. The molecule has 0 saturated heterocycles. The van der Waals surface area contributed by atoms with Crippen molar-refractivity contribution < 1.29 is 0 Å². The number of benzene rings is 4. The molecule has 0 aliphatic carbocycles. The molecule has 1 N–H and O–H groups in total. The maximum absolute atomic E-state index is 4.08. The number of hydrogen-bond donors (Lipinski definition) is 1. The summed E-state index contributed by atoms with van der Waals surface area (Å²) in [6, 6.07) is 31.9. The van der Waals surface area contributed by atoms with Gasteiger partial charge in [-0.2, -0.15) is 0 Å². The molecule has 0 bridgehead atoms. The quantitative estimate of drug-likeness (QED) is 0.207. The van der Waals surface area contributed by atoms with Gasteiger partial charge in [0.15, 0.2) is 0 Å². The number of hydrogen-bond acceptors (Lipinski definition) is 1. The van der Waals surface area contributed by atoms with Crippen LogP contribution in [0.5, 0.6) is 0 Å². The fourth-order valence-corrected chi connectivity index (χ4v) is 12.3. The van der Waals surface area contributed by atoms with Crippen molar-refractivity contribution in [1.82, 2.24) is 5.32 Å². The van der Waals surface area contributed by atoms with Crippen molar-refractivity contribution in [2.24, 2.45) is 0 Å². The minimum Gasteiger partial charge on any atom is -0.354 e. The SMILES string of the molecule is Cc1cc(C)c(P=C(C2=CC=C/C(=C(\c3ccccc3)P3CC(C)(C)c4cc(C(C)(C)C)cc(C(C)(C)C)c43)N2)c2ccccc2)c(C)c1. The van der Waals surface area contributed by atoms with Crippen molar-refractivity contribution in [1.29, 1.82) is 0 Å². The monoisotopic (exact) mass is 681 g/mol. The largest absolute Gasteiger partial charge is 0.354 e. The van der Waals surface area contributed by atoms with E-state index < -0.39 is 7.92 Å². The molecule has 0 aromatic heterocycles. The normalized spacial score (nSPS) is 18.6. The standard InChI is InChI=1S/C46H53NP2/c1-30-25-31(2)40(32(3)26-30)48-41(33-19-14-12-15-20-33)38-23-18-24-39(47-38)42(34-21-16-13-17-22-34)49-29-46(10,11)37-28-35(44(4,5)6)27-36(43(37)49)45(7,8)9/h12-28,47H,29H2,1-11H3/b42-39-. The van der Waals surface area contributed by atoms with E-state index in [0.29, 0.717) is 0 Å². The Morgan fingerprint density at radius 3 is 1.92 bits per heavy atom. The Labute approximate surface area is 299 Å². The Morgan fingerprint density at radius 1 is 0.755 bits per heavy atom. The average Bonchev–Trinajstić information content (AvgIpc) is 3.30. The van der Waals surface area contributed by atoms with Gasteiger partial charge in [0.2, 0.25) is 0 Å². The lowest BCUT2D eigenvalue weighted by Gasteiger charge is -2.32. The van der Waals surface area contributed by atoms with Gasteiger partial charge in [0.25, 0.3) is 0 Å². The summed E-state index contributed by atoms with van der Waals surface area (Å²) >= 11 is 0. The van der Waals surface area contributed by atoms with Gasteiger partial charge >= 0.3 is 0 Å². The molecule has 0 saturated carbocycles. The van der Waals surface area contributed by atoms with E-state index in [0.717, 1.165) is 6.16 Å². The molecule has 2 aliphatic rings. The Bertz CT molecular complexity index is 1990. The van der Waals surface area contributed by atoms with Crippen LogP contribution >= 0.6 is 16.1 Å². The van der Waals surface area contributed by atoms with Gasteiger partial charge in [-0.05, 0) is 108 Å². The number of nitrogens with one attached hydrogen (secondary N) is 1. The molecule has 0 amide bonds. The van der Waals surface area contributed by atoms with Gasteiger partial charge in [0, 0.05) is 21.6 Å². The summed E-state index contributed by atoms with van der Waals surface area (Å²) in [5, 5.41) is 9.80. The molecule has 2 heterocycles. The van der Waals surface area contributed by atoms with Gasteiger partial charge in [-0.15, -0.1) is 0 Å². The van der Waals surface area contributed by atoms with Crippen LogP contribution in [0.3, 0.4) is 0 Å². The highest BCUT2D eigenvalue weighted by Gasteiger charge is 2.43. The molecule has 1 unspecified atom stereocenters. The Hall–Kier alpha value is -3.50. The van der Waals surface area contributed by atoms with E-state index >= 15 is 0 Å². The van der Waals surface area contributed by atoms with Gasteiger partial charge in [-0.3, -0.25) is 0 Å². The summed E-state index contributed by atoms with van der Waals surface area (Å²) in [5.41, 5.74) is 13.6. The lowest BCUT2D eigenvalue weighted by molar-refractivity contribution is 0.560. The molecule has 2 aliphatic heterocycles. The van der Waals surface area contributed by atoms with Gasteiger partial charge in [0.1, 0.15) is 0 Å². The first kappa shape index (κ1) is 35.3. The first-order chi connectivity index (χ1) is 23.0. The third kappa shape index (κ3) is 7.22. The first-order valence-electron chi connectivity index (χ1n) is 17.7. The molecule has 0 spiro atoms. The molecule has 4 aromatic carbocycles. The van der Waals surface area contributed by atoms with E-state index in [1.807, 2.05) is 0 Å². The number of allylic oxidation sites excluding steroid dienone is 4. The smallest absolute Gasteiger partial charge is 0.0510 e. The van der Waals surface area contributed by atoms with Crippen molar-refractivity contribution in [3.8, 4) is 0 Å². The van der Waals surface area contributed by atoms with Crippen LogP contribution in [-0.4, -0.2) is 11.5 Å². The van der Waals surface area contributed by atoms with Crippen molar-refractivity contribution >= 4 is 37.3 Å². The number of aryl methyl sites for hydroxylation is 3. The van der Waals surface area contributed by atoms with Gasteiger partial charge in [-0.25, -0.2) is 0 Å². The fourth-order valence-electron chi connectivity index (χ4n) is 7.33. The zero-order chi connectivity index (χ0) is 35.3. The lowest BCUT2D eigenvalue weighted by atomic mass is 9.75. The lowest BCUT2D eigenvalue weighted by Crippen LogP contribution is -2.28. The predicted molar refractivity (Wildman–Crippen MR) is 220 cm³/mol. The zero-order valence-corrected chi connectivity index (χ0v) is 33.2. The summed E-state index contributed by atoms with van der Waals surface area (Å²) < 4.78 is 0. The maximum Gasteiger partial charge on any atom is 0.0510 e. The number of dihydropyridines is 1. The minimum absolute atomic E-state index is 0.0244. The van der Waals surface area contributed by atoms with E-state index in [9.17, 15) is 0 Å². The molecular formula is C46H53NP2. The van der Waals surface area contributed by atoms with Crippen LogP contribution in [0.2, 0.25) is 0 Å². The molecule has 3 heteroatoms. The summed E-state index contributed by atoms with van der Waals surface area (Å²) in [5.74, 6) is 0. The third-order valence-corrected chi connectivity index (χ3v) is 14.7. The Morgan fingerprint density at radius 2 is 1.35 bits per heavy atom. The molecule has 1 nitrogen and oxygen atoms in total. The Balaban J connectivity index is 1.57. The highest BCUT2D eigenvalue weighted by molar-refractivity contribution is 7.76. The van der Waals surface area contributed by atoms with Crippen LogP contribution in [0.1, 0.15) is 99.9 Å². The topological polar surface area (TPSA) is 12.0 Å². The van der Waals surface area contributed by atoms with Gasteiger partial charge < -0.3 is 5.32 Å². The molecule has 252 valence electrons. The Kier molecular flexibility index (Phi) is 9.61. The second kappa shape index (κ2) is 13.3. The van der Waals surface area contributed by atoms with Crippen molar-refractivity contribution in [3.63, 3.8) is 0 Å². The van der Waals surface area contributed by atoms with Gasteiger partial charge in [0.05, 0.1) is 5.70 Å². The molecule has 1 atom stereocenters. The summed E-state index contributed by atoms with van der Waals surface area (Å²) in [6.07, 6.45) is 7.99. The van der Waals surface area contributed by atoms with Crippen LogP contribution in [0.15, 0.2) is 115 Å². The zero-order valence-electron chi connectivity index (χ0n) is 31.4. The third-order valence-electron chi connectivity index (χ3n) is 9.87. The second-order valence-electron chi connectivity index (χ2n) is 16.7. The fraction of sp³-hybridized carbons (Fsp3) is 0.326. The van der Waals surface area contributed by atoms with E-state index in [4.69, 9.17) is 0 Å². The van der Waals surface area contributed by atoms with Gasteiger partial charge in [-0.1, -0.05) is 160 Å². The van der Waals surface area contributed by atoms with E-state index in [2.05, 4.69) is 185 Å². The second-order valence-corrected chi connectivity index (χ2v) is 19.8. The minimum atomic E-state index is -0.672. The molecule has 6 rings (SSSR count). The van der Waals surface area contributed by atoms with E-state index in [1.54, 1.807) is 10.9 Å². The molecule has 0 fully saturated rings. The summed E-state index contributed by atoms with van der Waals surface area (Å²) in [7, 11) is 0.537. The number of fused-ring (bicyclic) bond motifs is 1.